The second kappa shape index (κ2) is 9.93. The van der Waals surface area contributed by atoms with Crippen LogP contribution in [0.15, 0.2) is 29.2 Å². The minimum Gasteiger partial charge on any atom is -0.356 e. The molecule has 0 aliphatic heterocycles. The number of rotatable bonds is 10. The number of hydrogen-bond donors (Lipinski definition) is 2. The third kappa shape index (κ3) is 7.29. The average molecular weight is 437 g/mol. The minimum absolute atomic E-state index is 0.0526. The smallest absolute Gasteiger partial charge is 0.356 e. The van der Waals surface area contributed by atoms with E-state index in [1.54, 1.807) is 0 Å². The Balaban J connectivity index is 2.78. The van der Waals surface area contributed by atoms with Gasteiger partial charge in [0.05, 0.1) is 15.2 Å². The Kier molecular flexibility index (Phi) is 8.71. The van der Waals surface area contributed by atoms with Gasteiger partial charge in [-0.1, -0.05) is 19.9 Å². The molecule has 1 aromatic rings. The lowest BCUT2D eigenvalue weighted by Crippen LogP contribution is -2.37. The van der Waals surface area contributed by atoms with Gasteiger partial charge in [-0.3, -0.25) is 4.79 Å². The first-order valence-corrected chi connectivity index (χ1v) is 11.1. The van der Waals surface area contributed by atoms with Crippen LogP contribution in [0.1, 0.15) is 52.5 Å². The number of alkyl halides is 3. The van der Waals surface area contributed by atoms with Crippen LogP contribution in [0.4, 0.5) is 13.2 Å². The van der Waals surface area contributed by atoms with Crippen molar-refractivity contribution in [2.45, 2.75) is 62.8 Å². The van der Waals surface area contributed by atoms with Gasteiger partial charge in [-0.2, -0.15) is 13.2 Å². The van der Waals surface area contributed by atoms with E-state index in [4.69, 9.17) is 5.73 Å². The quantitative estimate of drug-likeness (QED) is 0.584. The van der Waals surface area contributed by atoms with Gasteiger partial charge in [-0.25, -0.2) is 8.42 Å². The van der Waals surface area contributed by atoms with Gasteiger partial charge < -0.3 is 11.1 Å². The highest BCUT2D eigenvalue weighted by Gasteiger charge is 2.37. The van der Waals surface area contributed by atoms with Gasteiger partial charge in [0, 0.05) is 13.0 Å². The molecule has 1 aromatic carbocycles. The lowest BCUT2D eigenvalue weighted by atomic mass is 9.94. The molecule has 0 aromatic heterocycles. The van der Waals surface area contributed by atoms with Crippen molar-refractivity contribution >= 4 is 15.7 Å². The number of sulfone groups is 1. The third-order valence-electron chi connectivity index (χ3n) is 4.86. The fourth-order valence-corrected chi connectivity index (χ4v) is 4.61. The predicted octanol–water partition coefficient (Wildman–Crippen LogP) is 3.78. The minimum atomic E-state index is -4.63. The van der Waals surface area contributed by atoms with Crippen molar-refractivity contribution in [2.24, 2.45) is 17.6 Å². The van der Waals surface area contributed by atoms with Gasteiger partial charge in [-0.05, 0) is 63.3 Å². The molecule has 3 N–H and O–H groups in total. The molecule has 0 heterocycles. The van der Waals surface area contributed by atoms with Crippen LogP contribution in [-0.2, 0) is 20.8 Å². The second-order valence-electron chi connectivity index (χ2n) is 8.32. The fourth-order valence-electron chi connectivity index (χ4n) is 3.06. The van der Waals surface area contributed by atoms with Crippen LogP contribution in [0.3, 0.4) is 0 Å². The molecule has 9 heteroatoms. The van der Waals surface area contributed by atoms with E-state index in [1.165, 1.54) is 13.8 Å². The van der Waals surface area contributed by atoms with Crippen LogP contribution in [0.25, 0.3) is 0 Å². The van der Waals surface area contributed by atoms with Gasteiger partial charge in [-0.15, -0.1) is 0 Å². The summed E-state index contributed by atoms with van der Waals surface area (Å²) in [6.07, 6.45) is -3.48. The number of carbonyl (C=O) groups is 1. The zero-order valence-corrected chi connectivity index (χ0v) is 18.2. The molecule has 1 rings (SSSR count). The lowest BCUT2D eigenvalue weighted by Gasteiger charge is -2.25. The number of carbonyl (C=O) groups excluding carboxylic acids is 1. The van der Waals surface area contributed by atoms with Crippen molar-refractivity contribution in [1.82, 2.24) is 5.32 Å². The summed E-state index contributed by atoms with van der Waals surface area (Å²) in [5.74, 6) is 0.248. The first-order valence-electron chi connectivity index (χ1n) is 9.59. The lowest BCUT2D eigenvalue weighted by molar-refractivity contribution is -0.137. The van der Waals surface area contributed by atoms with Crippen LogP contribution < -0.4 is 11.1 Å². The standard InChI is InChI=1S/C20H31F3N2O3S/c1-14(2)10-15(13-24)11-18(26)25-9-8-19(3,4)29(27,28)17-7-5-6-16(12-17)20(21,22)23/h5-7,12,14-15H,8-11,13,24H2,1-4H3,(H,25,26)/t15-/m0/s1. The van der Waals surface area contributed by atoms with Crippen LogP contribution in [-0.4, -0.2) is 32.2 Å². The molecular weight excluding hydrogens is 405 g/mol. The van der Waals surface area contributed by atoms with Crippen LogP contribution in [0.5, 0.6) is 0 Å². The number of hydrogen-bond acceptors (Lipinski definition) is 4. The molecule has 0 unspecified atom stereocenters. The highest BCUT2D eigenvalue weighted by atomic mass is 32.2. The first-order chi connectivity index (χ1) is 13.2. The molecule has 1 amide bonds. The maximum Gasteiger partial charge on any atom is 0.416 e. The number of nitrogens with two attached hydrogens (primary N) is 1. The normalized spacial score (nSPS) is 14.1. The van der Waals surface area contributed by atoms with Crippen LogP contribution in [0.2, 0.25) is 0 Å². The SMILES string of the molecule is CC(C)C[C@H](CN)CC(=O)NCCC(C)(C)S(=O)(=O)c1cccc(C(F)(F)F)c1. The van der Waals surface area contributed by atoms with E-state index in [0.29, 0.717) is 18.5 Å². The Morgan fingerprint density at radius 3 is 2.34 bits per heavy atom. The molecule has 1 atom stereocenters. The number of amides is 1. The topological polar surface area (TPSA) is 89.3 Å². The Morgan fingerprint density at radius 2 is 1.83 bits per heavy atom. The Labute approximate surface area is 171 Å². The van der Waals surface area contributed by atoms with E-state index in [1.807, 2.05) is 13.8 Å². The average Bonchev–Trinajstić information content (AvgIpc) is 2.59. The molecule has 0 bridgehead atoms. The van der Waals surface area contributed by atoms with Crippen molar-refractivity contribution in [3.63, 3.8) is 0 Å². The summed E-state index contributed by atoms with van der Waals surface area (Å²) < 4.78 is 63.1. The van der Waals surface area contributed by atoms with Gasteiger partial charge in [0.25, 0.3) is 0 Å². The van der Waals surface area contributed by atoms with E-state index in [0.717, 1.165) is 24.6 Å². The summed E-state index contributed by atoms with van der Waals surface area (Å²) in [5.41, 5.74) is 4.68. The zero-order valence-electron chi connectivity index (χ0n) is 17.3. The Morgan fingerprint density at radius 1 is 1.21 bits per heavy atom. The van der Waals surface area contributed by atoms with E-state index in [2.05, 4.69) is 5.32 Å². The van der Waals surface area contributed by atoms with Gasteiger partial charge >= 0.3 is 6.18 Å². The van der Waals surface area contributed by atoms with Crippen LogP contribution in [0, 0.1) is 11.8 Å². The van der Waals surface area contributed by atoms with Gasteiger partial charge in [0.15, 0.2) is 9.84 Å². The van der Waals surface area contributed by atoms with E-state index in [9.17, 15) is 26.4 Å². The number of nitrogens with one attached hydrogen (secondary N) is 1. The largest absolute Gasteiger partial charge is 0.416 e. The molecule has 5 nitrogen and oxygen atoms in total. The number of halogens is 3. The molecule has 0 aliphatic carbocycles. The molecule has 29 heavy (non-hydrogen) atoms. The molecule has 0 radical (unpaired) electrons. The fraction of sp³-hybridized carbons (Fsp3) is 0.650. The second-order valence-corrected chi connectivity index (χ2v) is 10.9. The van der Waals surface area contributed by atoms with E-state index >= 15 is 0 Å². The van der Waals surface area contributed by atoms with Crippen LogP contribution >= 0.6 is 0 Å². The third-order valence-corrected chi connectivity index (χ3v) is 7.39. The van der Waals surface area contributed by atoms with Crippen molar-refractivity contribution in [1.29, 1.82) is 0 Å². The number of benzene rings is 1. The summed E-state index contributed by atoms with van der Waals surface area (Å²) in [4.78, 5) is 11.7. The molecule has 166 valence electrons. The Bertz CT molecular complexity index is 790. The summed E-state index contributed by atoms with van der Waals surface area (Å²) in [7, 11) is -4.03. The molecule has 0 aliphatic rings. The maximum atomic E-state index is 12.9. The van der Waals surface area contributed by atoms with E-state index < -0.39 is 26.3 Å². The van der Waals surface area contributed by atoms with Gasteiger partial charge in [0.1, 0.15) is 0 Å². The summed E-state index contributed by atoms with van der Waals surface area (Å²) in [6, 6.07) is 3.71. The molecule has 0 saturated carbocycles. The van der Waals surface area contributed by atoms with E-state index in [-0.39, 0.29) is 36.1 Å². The summed E-state index contributed by atoms with van der Waals surface area (Å²) in [6.45, 7) is 7.46. The summed E-state index contributed by atoms with van der Waals surface area (Å²) >= 11 is 0. The highest BCUT2D eigenvalue weighted by Crippen LogP contribution is 2.34. The summed E-state index contributed by atoms with van der Waals surface area (Å²) in [5, 5.41) is 2.70. The first kappa shape index (κ1) is 25.4. The van der Waals surface area contributed by atoms with Crippen molar-refractivity contribution < 1.29 is 26.4 Å². The molecular formula is C20H31F3N2O3S. The van der Waals surface area contributed by atoms with Crippen molar-refractivity contribution in [2.75, 3.05) is 13.1 Å². The van der Waals surface area contributed by atoms with Crippen molar-refractivity contribution in [3.8, 4) is 0 Å². The highest BCUT2D eigenvalue weighted by molar-refractivity contribution is 7.92. The molecule has 0 spiro atoms. The monoisotopic (exact) mass is 436 g/mol. The predicted molar refractivity (Wildman–Crippen MR) is 107 cm³/mol. The zero-order chi connectivity index (χ0) is 22.5. The Hall–Kier alpha value is -1.61. The molecule has 0 fully saturated rings. The van der Waals surface area contributed by atoms with Crippen molar-refractivity contribution in [3.05, 3.63) is 29.8 Å². The molecule has 0 saturated heterocycles. The van der Waals surface area contributed by atoms with Gasteiger partial charge in [0.2, 0.25) is 5.91 Å². The maximum absolute atomic E-state index is 12.9.